The quantitative estimate of drug-likeness (QED) is 0.129. The van der Waals surface area contributed by atoms with Crippen molar-refractivity contribution in [1.82, 2.24) is 0 Å². The third-order valence-corrected chi connectivity index (χ3v) is 9.02. The summed E-state index contributed by atoms with van der Waals surface area (Å²) in [7, 11) is -17.0. The molecule has 0 spiro atoms. The molecule has 0 radical (unpaired) electrons. The molecular weight excluding hydrogens is 1020 g/mol. The van der Waals surface area contributed by atoms with Crippen LogP contribution in [0.2, 0.25) is 0 Å². The number of rotatable bonds is 8. The zero-order valence-corrected chi connectivity index (χ0v) is 33.1. The van der Waals surface area contributed by atoms with Gasteiger partial charge in [0.15, 0.2) is 0 Å². The van der Waals surface area contributed by atoms with Gasteiger partial charge in [-0.1, -0.05) is 48.5 Å². The summed E-state index contributed by atoms with van der Waals surface area (Å²) in [4.78, 5) is 39.6. The van der Waals surface area contributed by atoms with Crippen molar-refractivity contribution < 1.29 is 131 Å². The van der Waals surface area contributed by atoms with E-state index in [-0.39, 0.29) is 81.8 Å². The van der Waals surface area contributed by atoms with E-state index < -0.39 is 64.3 Å². The molecule has 0 saturated heterocycles. The van der Waals surface area contributed by atoms with Gasteiger partial charge in [0.1, 0.15) is 0 Å². The Bertz CT molecular complexity index is 2020. The minimum Gasteiger partial charge on any atom is -0.545 e. The zero-order valence-electron chi connectivity index (χ0n) is 25.7. The number of aromatic carboxylic acids is 4. The van der Waals surface area contributed by atoms with Crippen LogP contribution < -0.4 is 20.4 Å². The van der Waals surface area contributed by atoms with Crippen LogP contribution in [0.1, 0.15) is 41.4 Å². The van der Waals surface area contributed by atoms with E-state index >= 15 is 0 Å². The van der Waals surface area contributed by atoms with Crippen molar-refractivity contribution in [2.45, 2.75) is 19.6 Å². The molecule has 0 heterocycles. The van der Waals surface area contributed by atoms with Gasteiger partial charge in [0, 0.05) is 0 Å². The Kier molecular flexibility index (Phi) is 18.6. The number of hydrogen-bond donors (Lipinski definition) is 4. The van der Waals surface area contributed by atoms with Gasteiger partial charge >= 0.3 is 39.9 Å². The second-order valence-corrected chi connectivity index (χ2v) is 14.8. The molecule has 20 nitrogen and oxygen atoms in total. The van der Waals surface area contributed by atoms with E-state index in [9.17, 15) is 73.3 Å². The standard InChI is InChI=1S/4C7H6O5S.Th/c4*8-7(9)5-1-3-6(4-2-5)13(10,11)12;/h4*1-4H,(H,8,9)(H,10,11,12);/q;;;;+4/p-4. The Morgan fingerprint density at radius 1 is 0.321 bits per heavy atom. The maximum atomic E-state index is 10.5. The summed E-state index contributed by atoms with van der Waals surface area (Å²) in [5.41, 5.74) is -0.584. The van der Waals surface area contributed by atoms with Crippen molar-refractivity contribution in [3.63, 3.8) is 0 Å². The van der Waals surface area contributed by atoms with Crippen LogP contribution in [-0.4, -0.2) is 75.8 Å². The molecule has 280 valence electrons. The first-order valence-corrected chi connectivity index (χ1v) is 18.6. The van der Waals surface area contributed by atoms with Gasteiger partial charge in [-0.15, -0.1) is 0 Å². The number of hydrogen-bond acceptors (Lipinski definition) is 16. The minimum absolute atomic E-state index is 0. The van der Waals surface area contributed by atoms with Crippen LogP contribution in [0, 0.1) is 39.9 Å². The number of carbonyl (C=O) groups is 4. The van der Waals surface area contributed by atoms with E-state index in [4.69, 9.17) is 18.2 Å². The second kappa shape index (κ2) is 20.3. The second-order valence-electron chi connectivity index (χ2n) is 9.15. The normalized spacial score (nSPS) is 10.9. The van der Waals surface area contributed by atoms with Crippen LogP contribution in [0.3, 0.4) is 0 Å². The Hall–Kier alpha value is -4.28. The molecule has 0 unspecified atom stereocenters. The van der Waals surface area contributed by atoms with Crippen LogP contribution in [-0.2, 0) is 40.5 Å². The molecule has 4 aromatic rings. The fraction of sp³-hybridized carbons (Fsp3) is 0. The molecule has 0 amide bonds. The van der Waals surface area contributed by atoms with Crippen molar-refractivity contribution >= 4 is 64.3 Å². The molecule has 0 bridgehead atoms. The number of carboxylic acids is 4. The summed E-state index contributed by atoms with van der Waals surface area (Å²) < 4.78 is 118. The number of carbonyl (C=O) groups excluding carboxylic acids is 4. The molecule has 25 heteroatoms. The van der Waals surface area contributed by atoms with Crippen molar-refractivity contribution in [2.75, 3.05) is 0 Å². The van der Waals surface area contributed by atoms with E-state index in [0.29, 0.717) is 0 Å². The SMILES string of the molecule is O=C([O-])c1ccc(S(=O)(=O)O)cc1.O=C([O-])c1ccc(S(=O)(=O)O)cc1.O=C([O-])c1ccc(S(=O)(=O)O)cc1.O=C([O-])c1ccc(S(=O)(=O)O)cc1.[Th+4]. The molecule has 0 aromatic heterocycles. The van der Waals surface area contributed by atoms with E-state index in [2.05, 4.69) is 0 Å². The first-order valence-electron chi connectivity index (χ1n) is 12.8. The van der Waals surface area contributed by atoms with Crippen LogP contribution in [0.25, 0.3) is 0 Å². The third-order valence-electron chi connectivity index (χ3n) is 5.55. The summed E-state index contributed by atoms with van der Waals surface area (Å²) in [6.45, 7) is 0. The van der Waals surface area contributed by atoms with E-state index in [1.165, 1.54) is 0 Å². The molecule has 4 aromatic carbocycles. The van der Waals surface area contributed by atoms with E-state index in [1.54, 1.807) is 0 Å². The molecular formula is C28H20O20S4Th. The van der Waals surface area contributed by atoms with Gasteiger partial charge in [0.25, 0.3) is 40.5 Å². The van der Waals surface area contributed by atoms with Crippen LogP contribution in [0.5, 0.6) is 0 Å². The van der Waals surface area contributed by atoms with E-state index in [1.807, 2.05) is 0 Å². The Morgan fingerprint density at radius 3 is 0.509 bits per heavy atom. The summed E-state index contributed by atoms with van der Waals surface area (Å²) in [6.07, 6.45) is 0. The summed E-state index contributed by atoms with van der Waals surface area (Å²) in [5, 5.41) is 41.0. The Labute approximate surface area is 332 Å². The van der Waals surface area contributed by atoms with Crippen molar-refractivity contribution in [3.05, 3.63) is 119 Å². The Morgan fingerprint density at radius 2 is 0.434 bits per heavy atom. The molecule has 0 fully saturated rings. The maximum Gasteiger partial charge on any atom is 4.00 e. The smallest absolute Gasteiger partial charge is 0.545 e. The van der Waals surface area contributed by atoms with Gasteiger partial charge in [0.05, 0.1) is 43.5 Å². The number of carboxylic acid groups (broad SMARTS) is 4. The van der Waals surface area contributed by atoms with Crippen LogP contribution in [0.15, 0.2) is 117 Å². The first kappa shape index (κ1) is 48.7. The van der Waals surface area contributed by atoms with Crippen molar-refractivity contribution in [2.24, 2.45) is 0 Å². The van der Waals surface area contributed by atoms with Crippen molar-refractivity contribution in [3.8, 4) is 0 Å². The molecule has 53 heavy (non-hydrogen) atoms. The predicted octanol–water partition coefficient (Wildman–Crippen LogP) is -2.81. The molecule has 0 aliphatic carbocycles. The maximum absolute atomic E-state index is 10.5. The van der Waals surface area contributed by atoms with Crippen molar-refractivity contribution in [1.29, 1.82) is 0 Å². The molecule has 4 rings (SSSR count). The first-order chi connectivity index (χ1) is 23.6. The van der Waals surface area contributed by atoms with Gasteiger partial charge in [-0.05, 0) is 70.8 Å². The summed E-state index contributed by atoms with van der Waals surface area (Å²) >= 11 is 0. The van der Waals surface area contributed by atoms with Gasteiger partial charge in [-0.3, -0.25) is 18.2 Å². The summed E-state index contributed by atoms with van der Waals surface area (Å²) in [5.74, 6) is -5.60. The van der Waals surface area contributed by atoms with E-state index in [0.717, 1.165) is 97.1 Å². The molecule has 0 saturated carbocycles. The Balaban J connectivity index is 0.000000676. The molecule has 0 aliphatic heterocycles. The van der Waals surface area contributed by atoms with Crippen LogP contribution >= 0.6 is 0 Å². The molecule has 4 N–H and O–H groups in total. The fourth-order valence-electron chi connectivity index (χ4n) is 3.05. The van der Waals surface area contributed by atoms with Gasteiger partial charge < -0.3 is 39.6 Å². The molecule has 0 aliphatic rings. The minimum atomic E-state index is -4.26. The predicted molar refractivity (Wildman–Crippen MR) is 162 cm³/mol. The van der Waals surface area contributed by atoms with Gasteiger partial charge in [-0.25, -0.2) is 0 Å². The molecule has 0 atom stereocenters. The number of benzene rings is 4. The average molecular weight is 1040 g/mol. The van der Waals surface area contributed by atoms with Gasteiger partial charge in [0.2, 0.25) is 0 Å². The zero-order chi connectivity index (χ0) is 40.2. The summed E-state index contributed by atoms with van der Waals surface area (Å²) in [6, 6.07) is 16.2. The van der Waals surface area contributed by atoms with Crippen LogP contribution in [0.4, 0.5) is 0 Å². The third kappa shape index (κ3) is 17.4. The fourth-order valence-corrected chi connectivity index (χ4v) is 4.97. The monoisotopic (exact) mass is 1040 g/mol. The average Bonchev–Trinajstić information content (AvgIpc) is 3.04. The van der Waals surface area contributed by atoms with Gasteiger partial charge in [-0.2, -0.15) is 33.7 Å². The topological polar surface area (TPSA) is 378 Å². The largest absolute Gasteiger partial charge is 4.00 e.